The van der Waals surface area contributed by atoms with Crippen LogP contribution in [-0.4, -0.2) is 30.9 Å². The Hall–Kier alpha value is -3.19. The second kappa shape index (κ2) is 14.3. The molecule has 3 N–H and O–H groups in total. The molecular formula is C35H47N3O. The first kappa shape index (κ1) is 28.8. The molecule has 1 saturated carbocycles. The molecule has 0 aromatic heterocycles. The number of likely N-dealkylation sites (N-methyl/N-ethyl adjacent to an activating group) is 1. The maximum atomic E-state index is 12.1. The number of allylic oxidation sites excluding steroid dienone is 3. The lowest BCUT2D eigenvalue weighted by atomic mass is 9.72. The van der Waals surface area contributed by atoms with E-state index in [-0.39, 0.29) is 5.91 Å². The summed E-state index contributed by atoms with van der Waals surface area (Å²) in [6.45, 7) is 4.05. The highest BCUT2D eigenvalue weighted by molar-refractivity contribution is 5.96. The summed E-state index contributed by atoms with van der Waals surface area (Å²) in [5.74, 6) is 5.23. The number of nitrogens with zero attached hydrogens (tertiary/aromatic N) is 1. The van der Waals surface area contributed by atoms with Crippen LogP contribution in [0.2, 0.25) is 0 Å². The third-order valence-electron chi connectivity index (χ3n) is 9.16. The second-order valence-corrected chi connectivity index (χ2v) is 11.5. The lowest BCUT2D eigenvalue weighted by Crippen LogP contribution is -2.30. The first-order valence-electron chi connectivity index (χ1n) is 15.1. The van der Waals surface area contributed by atoms with Crippen molar-refractivity contribution >= 4 is 12.0 Å². The number of likely N-dealkylation sites (tertiary alicyclic amines) is 1. The average molecular weight is 526 g/mol. The lowest BCUT2D eigenvalue weighted by Gasteiger charge is -2.34. The van der Waals surface area contributed by atoms with Crippen LogP contribution in [-0.2, 0) is 17.6 Å². The topological polar surface area (TPSA) is 58.4 Å². The van der Waals surface area contributed by atoms with Crippen molar-refractivity contribution in [3.63, 3.8) is 0 Å². The van der Waals surface area contributed by atoms with Crippen LogP contribution in [0, 0.1) is 30.1 Å². The van der Waals surface area contributed by atoms with Gasteiger partial charge in [0.1, 0.15) is 0 Å². The van der Waals surface area contributed by atoms with E-state index in [9.17, 15) is 4.79 Å². The molecule has 39 heavy (non-hydrogen) atoms. The fourth-order valence-electron chi connectivity index (χ4n) is 6.87. The molecule has 208 valence electrons. The van der Waals surface area contributed by atoms with Gasteiger partial charge in [0.05, 0.1) is 11.4 Å². The molecule has 0 spiro atoms. The summed E-state index contributed by atoms with van der Waals surface area (Å²) >= 11 is 0. The smallest absolute Gasteiger partial charge is 0.251 e. The van der Waals surface area contributed by atoms with Gasteiger partial charge in [-0.2, -0.15) is 0 Å². The van der Waals surface area contributed by atoms with Gasteiger partial charge in [0, 0.05) is 26.2 Å². The van der Waals surface area contributed by atoms with Gasteiger partial charge in [-0.1, -0.05) is 54.8 Å². The van der Waals surface area contributed by atoms with E-state index in [2.05, 4.69) is 59.5 Å². The number of hydrogen-bond donors (Lipinski definition) is 2. The normalized spacial score (nSPS) is 26.5. The number of carbonyl (C=O) groups is 1. The van der Waals surface area contributed by atoms with Gasteiger partial charge in [0.15, 0.2) is 0 Å². The quantitative estimate of drug-likeness (QED) is 0.192. The maximum absolute atomic E-state index is 12.1. The van der Waals surface area contributed by atoms with Crippen molar-refractivity contribution in [1.82, 2.24) is 10.2 Å². The van der Waals surface area contributed by atoms with Crippen LogP contribution in [0.3, 0.4) is 0 Å². The van der Waals surface area contributed by atoms with Crippen molar-refractivity contribution < 1.29 is 4.79 Å². The number of carbonyl (C=O) groups excluding carboxylic acids is 1. The van der Waals surface area contributed by atoms with Crippen LogP contribution in [0.4, 0.5) is 0 Å². The zero-order valence-electron chi connectivity index (χ0n) is 24.1. The van der Waals surface area contributed by atoms with Gasteiger partial charge in [-0.25, -0.2) is 0 Å². The van der Waals surface area contributed by atoms with Gasteiger partial charge >= 0.3 is 0 Å². The zero-order valence-corrected chi connectivity index (χ0v) is 24.1. The summed E-state index contributed by atoms with van der Waals surface area (Å²) < 4.78 is 0. The molecule has 4 rings (SSSR count). The van der Waals surface area contributed by atoms with E-state index in [0.29, 0.717) is 17.3 Å². The molecule has 2 aliphatic carbocycles. The monoisotopic (exact) mass is 525 g/mol. The van der Waals surface area contributed by atoms with Crippen LogP contribution < -0.4 is 11.1 Å². The minimum atomic E-state index is -0.215. The fraction of sp³-hybridized carbons (Fsp3) is 0.514. The van der Waals surface area contributed by atoms with Crippen molar-refractivity contribution in [2.24, 2.45) is 23.5 Å². The number of nitrogens with two attached hydrogens (primary N) is 1. The third-order valence-corrected chi connectivity index (χ3v) is 9.16. The summed E-state index contributed by atoms with van der Waals surface area (Å²) in [6, 6.07) is 6.88. The standard InChI is InChI=1S/C35H47N3O/c1-4-9-32(35(39)37-3)25-34(36)38-22-8-10-26(21-23-38)24-27-15-17-30(18-16-27)29-12-7-14-33-28(5-2)11-6-13-31(33)20-19-29/h1,6-7,9,11,13-14,24-25,27,29-30H,5,8,10,12,15-23,36H2,2-3H3,(H,37,39)/b14-7-,26-24?,32-9+,34-25+. The van der Waals surface area contributed by atoms with Gasteiger partial charge < -0.3 is 16.0 Å². The number of fused-ring (bicyclic) bond motifs is 1. The molecule has 1 aromatic rings. The number of hydrogen-bond acceptors (Lipinski definition) is 3. The van der Waals surface area contributed by atoms with Crippen molar-refractivity contribution in [2.45, 2.75) is 77.6 Å². The van der Waals surface area contributed by atoms with Gasteiger partial charge in [0.25, 0.3) is 5.91 Å². The Morgan fingerprint density at radius 1 is 1.13 bits per heavy atom. The Bertz CT molecular complexity index is 1160. The Labute approximate surface area is 236 Å². The summed E-state index contributed by atoms with van der Waals surface area (Å²) in [7, 11) is 1.60. The van der Waals surface area contributed by atoms with E-state index in [0.717, 1.165) is 50.6 Å². The number of nitrogens with one attached hydrogen (secondary N) is 1. The van der Waals surface area contributed by atoms with E-state index in [1.54, 1.807) is 24.3 Å². The van der Waals surface area contributed by atoms with Crippen molar-refractivity contribution in [3.05, 3.63) is 76.2 Å². The molecule has 0 bridgehead atoms. The molecule has 1 heterocycles. The molecular weight excluding hydrogens is 478 g/mol. The van der Waals surface area contributed by atoms with Gasteiger partial charge in [-0.05, 0) is 111 Å². The SMILES string of the molecule is C#C/C=C(\C=C(/N)N1CCCC(=CC2CCC(C3C/C=C\c4c(CC)cccc4CC3)CC2)CC1)C(=O)NC. The van der Waals surface area contributed by atoms with Crippen LogP contribution in [0.25, 0.3) is 6.08 Å². The van der Waals surface area contributed by atoms with Crippen molar-refractivity contribution in [3.8, 4) is 12.3 Å². The van der Waals surface area contributed by atoms with Gasteiger partial charge in [-0.3, -0.25) is 4.79 Å². The van der Waals surface area contributed by atoms with E-state index in [1.165, 1.54) is 62.1 Å². The predicted octanol–water partition coefficient (Wildman–Crippen LogP) is 6.54. The first-order chi connectivity index (χ1) is 19.0. The molecule has 4 nitrogen and oxygen atoms in total. The van der Waals surface area contributed by atoms with Crippen LogP contribution >= 0.6 is 0 Å². The highest BCUT2D eigenvalue weighted by atomic mass is 16.1. The van der Waals surface area contributed by atoms with E-state index >= 15 is 0 Å². The second-order valence-electron chi connectivity index (χ2n) is 11.5. The molecule has 0 radical (unpaired) electrons. The molecule has 1 unspecified atom stereocenters. The molecule has 1 aromatic carbocycles. The average Bonchev–Trinajstić information content (AvgIpc) is 3.19. The van der Waals surface area contributed by atoms with E-state index < -0.39 is 0 Å². The van der Waals surface area contributed by atoms with Crippen LogP contribution in [0.1, 0.15) is 81.4 Å². The molecule has 1 aliphatic heterocycles. The molecule has 1 atom stereocenters. The maximum Gasteiger partial charge on any atom is 0.251 e. The highest BCUT2D eigenvalue weighted by Gasteiger charge is 2.27. The Morgan fingerprint density at radius 3 is 2.69 bits per heavy atom. The highest BCUT2D eigenvalue weighted by Crippen LogP contribution is 2.39. The number of rotatable bonds is 6. The van der Waals surface area contributed by atoms with Gasteiger partial charge in [0.2, 0.25) is 0 Å². The molecule has 1 amide bonds. The van der Waals surface area contributed by atoms with Crippen molar-refractivity contribution in [2.75, 3.05) is 20.1 Å². The number of aryl methyl sites for hydroxylation is 2. The molecule has 3 aliphatic rings. The largest absolute Gasteiger partial charge is 0.385 e. The first-order valence-corrected chi connectivity index (χ1v) is 15.1. The lowest BCUT2D eigenvalue weighted by molar-refractivity contribution is -0.116. The summed E-state index contributed by atoms with van der Waals surface area (Å²) in [4.78, 5) is 14.3. The summed E-state index contributed by atoms with van der Waals surface area (Å²) in [5, 5.41) is 2.63. The van der Waals surface area contributed by atoms with Crippen LogP contribution in [0.5, 0.6) is 0 Å². The van der Waals surface area contributed by atoms with E-state index in [1.807, 2.05) is 0 Å². The third kappa shape index (κ3) is 7.69. The minimum absolute atomic E-state index is 0.215. The Morgan fingerprint density at radius 2 is 1.95 bits per heavy atom. The van der Waals surface area contributed by atoms with Crippen LogP contribution in [0.15, 0.2) is 59.5 Å². The number of amides is 1. The fourth-order valence-corrected chi connectivity index (χ4v) is 6.87. The number of terminal acetylenes is 1. The molecule has 1 saturated heterocycles. The minimum Gasteiger partial charge on any atom is -0.385 e. The molecule has 4 heteroatoms. The predicted molar refractivity (Wildman–Crippen MR) is 163 cm³/mol. The Kier molecular flexibility index (Phi) is 10.5. The van der Waals surface area contributed by atoms with Gasteiger partial charge in [-0.15, -0.1) is 6.42 Å². The molecule has 2 fully saturated rings. The number of benzene rings is 1. The van der Waals surface area contributed by atoms with E-state index in [4.69, 9.17) is 12.2 Å². The summed E-state index contributed by atoms with van der Waals surface area (Å²) in [5.41, 5.74) is 12.9. The van der Waals surface area contributed by atoms with Crippen molar-refractivity contribution in [1.29, 1.82) is 0 Å². The summed E-state index contributed by atoms with van der Waals surface area (Å²) in [6.07, 6.45) is 29.6. The Balaban J connectivity index is 1.29. The zero-order chi connectivity index (χ0) is 27.6.